The molecule has 2 aromatic carbocycles. The average molecular weight is 381 g/mol. The van der Waals surface area contributed by atoms with Gasteiger partial charge in [-0.25, -0.2) is 0 Å². The highest BCUT2D eigenvalue weighted by Crippen LogP contribution is 2.13. The molecule has 0 fully saturated rings. The summed E-state index contributed by atoms with van der Waals surface area (Å²) in [7, 11) is 0. The third kappa shape index (κ3) is 6.46. The van der Waals surface area contributed by atoms with Gasteiger partial charge >= 0.3 is 0 Å². The molecule has 0 aliphatic rings. The van der Waals surface area contributed by atoms with Gasteiger partial charge in [-0.1, -0.05) is 24.1 Å². The molecule has 2 aromatic rings. The van der Waals surface area contributed by atoms with Crippen LogP contribution in [0.2, 0.25) is 0 Å². The van der Waals surface area contributed by atoms with Crippen molar-refractivity contribution in [3.05, 3.63) is 69.8 Å². The zero-order valence-electron chi connectivity index (χ0n) is 15.0. The van der Waals surface area contributed by atoms with Crippen LogP contribution in [0.1, 0.15) is 15.9 Å². The Morgan fingerprint density at radius 3 is 2.57 bits per heavy atom. The van der Waals surface area contributed by atoms with Crippen molar-refractivity contribution in [3.8, 4) is 18.1 Å². The molecule has 0 unspecified atom stereocenters. The average Bonchev–Trinajstić information content (AvgIpc) is 2.71. The van der Waals surface area contributed by atoms with Crippen LogP contribution in [0.3, 0.4) is 0 Å². The molecule has 0 saturated heterocycles. The fraction of sp³-hybridized carbons (Fsp3) is 0.200. The van der Waals surface area contributed by atoms with Gasteiger partial charge < -0.3 is 15.4 Å². The molecule has 0 spiro atoms. The number of terminal acetylenes is 1. The van der Waals surface area contributed by atoms with Crippen LogP contribution in [0.25, 0.3) is 0 Å². The van der Waals surface area contributed by atoms with Crippen molar-refractivity contribution in [2.24, 2.45) is 0 Å². The molecule has 2 N–H and O–H groups in total. The van der Waals surface area contributed by atoms with Crippen LogP contribution in [0.5, 0.6) is 5.75 Å². The Labute approximate surface area is 162 Å². The number of carbonyl (C=O) groups is 2. The van der Waals surface area contributed by atoms with E-state index < -0.39 is 10.8 Å². The normalized spacial score (nSPS) is 9.82. The van der Waals surface area contributed by atoms with Crippen molar-refractivity contribution in [2.75, 3.05) is 19.7 Å². The van der Waals surface area contributed by atoms with E-state index in [0.29, 0.717) is 18.7 Å². The van der Waals surface area contributed by atoms with Crippen molar-refractivity contribution in [1.29, 1.82) is 0 Å². The zero-order valence-corrected chi connectivity index (χ0v) is 15.0. The molecule has 0 atom stereocenters. The van der Waals surface area contributed by atoms with Gasteiger partial charge in [0.05, 0.1) is 11.5 Å². The molecule has 0 aliphatic heterocycles. The van der Waals surface area contributed by atoms with Crippen molar-refractivity contribution < 1.29 is 19.2 Å². The Kier molecular flexibility index (Phi) is 7.54. The van der Waals surface area contributed by atoms with Gasteiger partial charge in [0.15, 0.2) is 0 Å². The molecule has 8 nitrogen and oxygen atoms in total. The highest BCUT2D eigenvalue weighted by molar-refractivity contribution is 5.96. The summed E-state index contributed by atoms with van der Waals surface area (Å²) in [5.74, 6) is 2.15. The van der Waals surface area contributed by atoms with E-state index in [1.807, 2.05) is 12.1 Å². The maximum absolute atomic E-state index is 12.0. The van der Waals surface area contributed by atoms with Gasteiger partial charge in [-0.2, -0.15) is 0 Å². The van der Waals surface area contributed by atoms with Crippen LogP contribution in [-0.4, -0.2) is 36.4 Å². The molecule has 0 heterocycles. The maximum Gasteiger partial charge on any atom is 0.270 e. The summed E-state index contributed by atoms with van der Waals surface area (Å²) in [6.45, 7) is 0.383. The molecule has 144 valence electrons. The predicted molar refractivity (Wildman–Crippen MR) is 103 cm³/mol. The smallest absolute Gasteiger partial charge is 0.270 e. The number of nitrogens with zero attached hydrogens (tertiary/aromatic N) is 1. The van der Waals surface area contributed by atoms with Gasteiger partial charge in [0.2, 0.25) is 5.91 Å². The van der Waals surface area contributed by atoms with Gasteiger partial charge in [-0.05, 0) is 30.2 Å². The fourth-order valence-electron chi connectivity index (χ4n) is 2.31. The van der Waals surface area contributed by atoms with E-state index in [-0.39, 0.29) is 30.3 Å². The summed E-state index contributed by atoms with van der Waals surface area (Å²) in [6.07, 6.45) is 5.74. The number of nitrogens with one attached hydrogen (secondary N) is 2. The number of nitro groups is 1. The summed E-state index contributed by atoms with van der Waals surface area (Å²) in [6, 6.07) is 12.7. The summed E-state index contributed by atoms with van der Waals surface area (Å²) < 4.78 is 5.28. The van der Waals surface area contributed by atoms with E-state index in [1.54, 1.807) is 12.1 Å². The first-order chi connectivity index (χ1) is 13.5. The largest absolute Gasteiger partial charge is 0.481 e. The molecular weight excluding hydrogens is 362 g/mol. The number of hydrogen-bond acceptors (Lipinski definition) is 5. The van der Waals surface area contributed by atoms with Crippen LogP contribution in [-0.2, 0) is 11.2 Å². The SMILES string of the molecule is C#CCOc1ccc(CCNC(=O)CNC(=O)c2cccc([N+](=O)[O-])c2)cc1. The lowest BCUT2D eigenvalue weighted by Gasteiger charge is -2.08. The summed E-state index contributed by atoms with van der Waals surface area (Å²) in [5, 5.41) is 15.9. The third-order valence-corrected chi connectivity index (χ3v) is 3.71. The molecule has 8 heteroatoms. The van der Waals surface area contributed by atoms with Crippen molar-refractivity contribution in [2.45, 2.75) is 6.42 Å². The minimum atomic E-state index is -0.586. The van der Waals surface area contributed by atoms with Crippen LogP contribution < -0.4 is 15.4 Å². The number of rotatable bonds is 9. The van der Waals surface area contributed by atoms with E-state index >= 15 is 0 Å². The molecule has 0 saturated carbocycles. The van der Waals surface area contributed by atoms with Gasteiger partial charge in [0.25, 0.3) is 11.6 Å². The number of hydrogen-bond donors (Lipinski definition) is 2. The van der Waals surface area contributed by atoms with E-state index in [0.717, 1.165) is 11.6 Å². The molecule has 2 amide bonds. The number of benzene rings is 2. The van der Waals surface area contributed by atoms with Crippen molar-refractivity contribution in [3.63, 3.8) is 0 Å². The van der Waals surface area contributed by atoms with E-state index in [1.165, 1.54) is 18.2 Å². The summed E-state index contributed by atoms with van der Waals surface area (Å²) in [5.41, 5.74) is 0.941. The molecule has 0 aromatic heterocycles. The number of non-ortho nitro benzene ring substituents is 1. The number of carbonyl (C=O) groups excluding carboxylic acids is 2. The maximum atomic E-state index is 12.0. The minimum absolute atomic E-state index is 0.120. The van der Waals surface area contributed by atoms with E-state index in [4.69, 9.17) is 11.2 Å². The first-order valence-corrected chi connectivity index (χ1v) is 8.44. The lowest BCUT2D eigenvalue weighted by Crippen LogP contribution is -2.37. The Morgan fingerprint density at radius 2 is 1.89 bits per heavy atom. The highest BCUT2D eigenvalue weighted by Gasteiger charge is 2.12. The summed E-state index contributed by atoms with van der Waals surface area (Å²) in [4.78, 5) is 34.0. The number of ether oxygens (including phenoxy) is 1. The zero-order chi connectivity index (χ0) is 20.4. The third-order valence-electron chi connectivity index (χ3n) is 3.71. The Hall–Kier alpha value is -3.86. The Bertz CT molecular complexity index is 887. The highest BCUT2D eigenvalue weighted by atomic mass is 16.6. The van der Waals surface area contributed by atoms with Crippen molar-refractivity contribution >= 4 is 17.5 Å². The molecule has 2 rings (SSSR count). The van der Waals surface area contributed by atoms with Gasteiger partial charge in [-0.15, -0.1) is 6.42 Å². The van der Waals surface area contributed by atoms with Crippen molar-refractivity contribution in [1.82, 2.24) is 10.6 Å². The lowest BCUT2D eigenvalue weighted by atomic mass is 10.1. The topological polar surface area (TPSA) is 111 Å². The predicted octanol–water partition coefficient (Wildman–Crippen LogP) is 1.70. The number of amides is 2. The Balaban J connectivity index is 1.72. The lowest BCUT2D eigenvalue weighted by molar-refractivity contribution is -0.384. The molecular formula is C20H19N3O5. The standard InChI is InChI=1S/C20H19N3O5/c1-2-12-28-18-8-6-15(7-9-18)10-11-21-19(24)14-22-20(25)16-4-3-5-17(13-16)23(26)27/h1,3-9,13H,10-12,14H2,(H,21,24)(H,22,25). The molecule has 0 bridgehead atoms. The van der Waals surface area contributed by atoms with Crippen LogP contribution in [0.4, 0.5) is 5.69 Å². The van der Waals surface area contributed by atoms with Gasteiger partial charge in [-0.3, -0.25) is 19.7 Å². The van der Waals surface area contributed by atoms with Crippen LogP contribution >= 0.6 is 0 Å². The fourth-order valence-corrected chi connectivity index (χ4v) is 2.31. The molecule has 28 heavy (non-hydrogen) atoms. The van der Waals surface area contributed by atoms with E-state index in [2.05, 4.69) is 16.6 Å². The summed E-state index contributed by atoms with van der Waals surface area (Å²) >= 11 is 0. The monoisotopic (exact) mass is 381 g/mol. The van der Waals surface area contributed by atoms with Gasteiger partial charge in [0, 0.05) is 24.2 Å². The molecule has 0 aliphatic carbocycles. The first kappa shape index (κ1) is 20.5. The Morgan fingerprint density at radius 1 is 1.14 bits per heavy atom. The first-order valence-electron chi connectivity index (χ1n) is 8.44. The second-order valence-electron chi connectivity index (χ2n) is 5.73. The molecule has 0 radical (unpaired) electrons. The van der Waals surface area contributed by atoms with E-state index in [9.17, 15) is 19.7 Å². The van der Waals surface area contributed by atoms with Gasteiger partial charge in [0.1, 0.15) is 12.4 Å². The second-order valence-corrected chi connectivity index (χ2v) is 5.73. The second kappa shape index (κ2) is 10.3. The van der Waals surface area contributed by atoms with Crippen LogP contribution in [0, 0.1) is 22.5 Å². The number of nitro benzene ring substituents is 1. The minimum Gasteiger partial charge on any atom is -0.481 e. The quantitative estimate of drug-likeness (QED) is 0.390. The van der Waals surface area contributed by atoms with Crippen LogP contribution in [0.15, 0.2) is 48.5 Å².